The van der Waals surface area contributed by atoms with Gasteiger partial charge in [-0.05, 0) is 73.3 Å². The highest BCUT2D eigenvalue weighted by Crippen LogP contribution is 2.29. The molecule has 0 unspecified atom stereocenters. The van der Waals surface area contributed by atoms with Gasteiger partial charge in [0.25, 0.3) is 5.91 Å². The molecule has 7 heteroatoms. The highest BCUT2D eigenvalue weighted by atomic mass is 79.9. The second-order valence-corrected chi connectivity index (χ2v) is 10.0. The Morgan fingerprint density at radius 1 is 1.12 bits per heavy atom. The van der Waals surface area contributed by atoms with E-state index in [4.69, 9.17) is 4.74 Å². The van der Waals surface area contributed by atoms with Crippen molar-refractivity contribution in [3.63, 3.8) is 0 Å². The van der Waals surface area contributed by atoms with Crippen molar-refractivity contribution in [1.29, 1.82) is 0 Å². The molecule has 0 bridgehead atoms. The fraction of sp³-hybridized carbons (Fsp3) is 0.440. The van der Waals surface area contributed by atoms with Gasteiger partial charge in [0.05, 0.1) is 4.47 Å². The molecule has 2 aromatic carbocycles. The average Bonchev–Trinajstić information content (AvgIpc) is 2.70. The first-order valence-corrected chi connectivity index (χ1v) is 11.5. The molecule has 1 N–H and O–H groups in total. The number of halogens is 2. The van der Waals surface area contributed by atoms with Gasteiger partial charge in [-0.2, -0.15) is 0 Å². The quantitative estimate of drug-likeness (QED) is 0.519. The lowest BCUT2D eigenvalue weighted by Gasteiger charge is -2.31. The van der Waals surface area contributed by atoms with Crippen LogP contribution in [0.3, 0.4) is 0 Å². The molecule has 0 radical (unpaired) electrons. The summed E-state index contributed by atoms with van der Waals surface area (Å²) in [6, 6.07) is 11.1. The van der Waals surface area contributed by atoms with Crippen LogP contribution in [0.5, 0.6) is 5.75 Å². The van der Waals surface area contributed by atoms with Crippen molar-refractivity contribution >= 4 is 27.7 Å². The van der Waals surface area contributed by atoms with Gasteiger partial charge in [-0.25, -0.2) is 4.39 Å². The number of nitrogens with one attached hydrogen (secondary N) is 1. The molecule has 0 aliphatic rings. The summed E-state index contributed by atoms with van der Waals surface area (Å²) in [5.41, 5.74) is 1.01. The fourth-order valence-corrected chi connectivity index (χ4v) is 3.59. The Balaban J connectivity index is 2.21. The third-order valence-corrected chi connectivity index (χ3v) is 5.56. The summed E-state index contributed by atoms with van der Waals surface area (Å²) in [5, 5.41) is 2.88. The van der Waals surface area contributed by atoms with Crippen LogP contribution in [0.4, 0.5) is 4.39 Å². The van der Waals surface area contributed by atoms with Gasteiger partial charge in [-0.3, -0.25) is 9.59 Å². The molecule has 0 aliphatic carbocycles. The molecule has 0 spiro atoms. The predicted molar refractivity (Wildman–Crippen MR) is 128 cm³/mol. The minimum atomic E-state index is -0.809. The molecule has 0 fully saturated rings. The van der Waals surface area contributed by atoms with Crippen molar-refractivity contribution in [2.75, 3.05) is 6.61 Å². The van der Waals surface area contributed by atoms with E-state index in [0.717, 1.165) is 10.0 Å². The predicted octanol–water partition coefficient (Wildman–Crippen LogP) is 5.42. The molecule has 1 atom stereocenters. The van der Waals surface area contributed by atoms with Crippen LogP contribution >= 0.6 is 15.9 Å². The molecule has 0 saturated carbocycles. The summed E-state index contributed by atoms with van der Waals surface area (Å²) in [5.74, 6) is -0.267. The molecule has 2 rings (SSSR count). The van der Waals surface area contributed by atoms with Crippen molar-refractivity contribution in [2.24, 2.45) is 0 Å². The van der Waals surface area contributed by atoms with Gasteiger partial charge in [0, 0.05) is 17.6 Å². The Hall–Kier alpha value is -2.41. The lowest BCUT2D eigenvalue weighted by molar-refractivity contribution is -0.142. The van der Waals surface area contributed by atoms with Crippen molar-refractivity contribution in [3.8, 4) is 5.75 Å². The summed E-state index contributed by atoms with van der Waals surface area (Å²) in [7, 11) is 0. The van der Waals surface area contributed by atoms with Gasteiger partial charge in [0.15, 0.2) is 6.61 Å². The number of nitrogens with zero attached hydrogens (tertiary/aromatic N) is 1. The molecule has 2 amide bonds. The minimum Gasteiger partial charge on any atom is -0.483 e. The molecule has 2 aromatic rings. The van der Waals surface area contributed by atoms with Gasteiger partial charge in [-0.15, -0.1) is 0 Å². The maximum Gasteiger partial charge on any atom is 0.261 e. The zero-order valence-corrected chi connectivity index (χ0v) is 21.1. The van der Waals surface area contributed by atoms with E-state index in [9.17, 15) is 14.0 Å². The van der Waals surface area contributed by atoms with Crippen LogP contribution in [-0.2, 0) is 16.1 Å². The average molecular weight is 507 g/mol. The van der Waals surface area contributed by atoms with Gasteiger partial charge in [0.2, 0.25) is 5.91 Å². The van der Waals surface area contributed by atoms with Crippen LogP contribution in [-0.4, -0.2) is 34.9 Å². The molecular formula is C25H32BrFN2O3. The first kappa shape index (κ1) is 25.8. The highest BCUT2D eigenvalue weighted by molar-refractivity contribution is 9.10. The van der Waals surface area contributed by atoms with Gasteiger partial charge in [-0.1, -0.05) is 38.1 Å². The Labute approximate surface area is 198 Å². The van der Waals surface area contributed by atoms with Crippen molar-refractivity contribution < 1.29 is 18.7 Å². The molecule has 0 saturated heterocycles. The zero-order chi connectivity index (χ0) is 24.1. The van der Waals surface area contributed by atoms with E-state index in [0.29, 0.717) is 17.2 Å². The molecule has 0 aliphatic heterocycles. The maximum absolute atomic E-state index is 14.3. The number of carbonyl (C=O) groups is 2. The van der Waals surface area contributed by atoms with Crippen LogP contribution in [0, 0.1) is 5.82 Å². The number of hydrogen-bond acceptors (Lipinski definition) is 3. The largest absolute Gasteiger partial charge is 0.483 e. The molecule has 174 valence electrons. The Bertz CT molecular complexity index is 956. The number of carbonyl (C=O) groups excluding carboxylic acids is 2. The Kier molecular flexibility index (Phi) is 8.84. The van der Waals surface area contributed by atoms with Gasteiger partial charge < -0.3 is 15.0 Å². The van der Waals surface area contributed by atoms with E-state index < -0.39 is 23.3 Å². The maximum atomic E-state index is 14.3. The normalized spacial score (nSPS) is 12.4. The molecule has 0 heterocycles. The lowest BCUT2D eigenvalue weighted by Crippen LogP contribution is -2.53. The summed E-state index contributed by atoms with van der Waals surface area (Å²) in [4.78, 5) is 27.2. The topological polar surface area (TPSA) is 58.6 Å². The second kappa shape index (κ2) is 10.9. The van der Waals surface area contributed by atoms with Gasteiger partial charge in [0.1, 0.15) is 17.6 Å². The molecular weight excluding hydrogens is 475 g/mol. The summed E-state index contributed by atoms with van der Waals surface area (Å²) >= 11 is 3.49. The van der Waals surface area contributed by atoms with Crippen LogP contribution in [0.25, 0.3) is 0 Å². The van der Waals surface area contributed by atoms with E-state index in [-0.39, 0.29) is 19.1 Å². The van der Waals surface area contributed by atoms with E-state index in [2.05, 4.69) is 35.1 Å². The SMILES string of the molecule is CC(C)c1ccc(OCC(=O)N(Cc2ccccc2F)[C@H](C)C(=O)NC(C)(C)C)c(Br)c1. The number of rotatable bonds is 8. The zero-order valence-electron chi connectivity index (χ0n) is 19.5. The monoisotopic (exact) mass is 506 g/mol. The first-order chi connectivity index (χ1) is 14.9. The van der Waals surface area contributed by atoms with Crippen LogP contribution in [0.2, 0.25) is 0 Å². The van der Waals surface area contributed by atoms with E-state index in [1.165, 1.54) is 11.0 Å². The second-order valence-electron chi connectivity index (χ2n) is 9.16. The van der Waals surface area contributed by atoms with Crippen molar-refractivity contribution in [2.45, 2.75) is 65.6 Å². The third-order valence-electron chi connectivity index (χ3n) is 4.94. The van der Waals surface area contributed by atoms with Crippen molar-refractivity contribution in [3.05, 3.63) is 63.9 Å². The lowest BCUT2D eigenvalue weighted by atomic mass is 10.0. The first-order valence-electron chi connectivity index (χ1n) is 10.7. The summed E-state index contributed by atoms with van der Waals surface area (Å²) in [6.07, 6.45) is 0. The van der Waals surface area contributed by atoms with Crippen LogP contribution < -0.4 is 10.1 Å². The molecule has 32 heavy (non-hydrogen) atoms. The van der Waals surface area contributed by atoms with E-state index in [1.54, 1.807) is 25.1 Å². The number of hydrogen-bond donors (Lipinski definition) is 1. The third kappa shape index (κ3) is 7.33. The van der Waals surface area contributed by atoms with Crippen LogP contribution in [0.1, 0.15) is 58.6 Å². The number of amides is 2. The highest BCUT2D eigenvalue weighted by Gasteiger charge is 2.29. The molecule has 5 nitrogen and oxygen atoms in total. The fourth-order valence-electron chi connectivity index (χ4n) is 3.08. The summed E-state index contributed by atoms with van der Waals surface area (Å²) in [6.45, 7) is 11.1. The van der Waals surface area contributed by atoms with Crippen molar-refractivity contribution in [1.82, 2.24) is 10.2 Å². The Morgan fingerprint density at radius 3 is 2.34 bits per heavy atom. The molecule has 0 aromatic heterocycles. The number of ether oxygens (including phenoxy) is 1. The standard InChI is InChI=1S/C25H32BrFN2O3/c1-16(2)18-11-12-22(20(26)13-18)32-15-23(30)29(14-19-9-7-8-10-21(19)27)17(3)24(31)28-25(4,5)6/h7-13,16-17H,14-15H2,1-6H3,(H,28,31)/t17-/m1/s1. The smallest absolute Gasteiger partial charge is 0.261 e. The Morgan fingerprint density at radius 2 is 1.78 bits per heavy atom. The van der Waals surface area contributed by atoms with E-state index >= 15 is 0 Å². The van der Waals surface area contributed by atoms with Crippen LogP contribution in [0.15, 0.2) is 46.9 Å². The van der Waals surface area contributed by atoms with Gasteiger partial charge >= 0.3 is 0 Å². The van der Waals surface area contributed by atoms with E-state index in [1.807, 2.05) is 39.0 Å². The number of benzene rings is 2. The minimum absolute atomic E-state index is 0.0406. The summed E-state index contributed by atoms with van der Waals surface area (Å²) < 4.78 is 20.8.